The Bertz CT molecular complexity index is 400. The first kappa shape index (κ1) is 15.1. The molecule has 1 rings (SSSR count). The molecule has 0 spiro atoms. The average Bonchev–Trinajstić information content (AvgIpc) is 2.38. The summed E-state index contributed by atoms with van der Waals surface area (Å²) >= 11 is 2.16. The van der Waals surface area contributed by atoms with Gasteiger partial charge in [0.2, 0.25) is 0 Å². The van der Waals surface area contributed by atoms with Crippen molar-refractivity contribution >= 4 is 42.4 Å². The molecular formula is C11H13BIN2O3. The predicted molar refractivity (Wildman–Crippen MR) is 77.2 cm³/mol. The molecule has 0 fully saturated rings. The summed E-state index contributed by atoms with van der Waals surface area (Å²) in [4.78, 5) is 22.6. The van der Waals surface area contributed by atoms with E-state index in [-0.39, 0.29) is 12.5 Å². The van der Waals surface area contributed by atoms with Crippen LogP contribution in [0.25, 0.3) is 0 Å². The molecule has 0 unspecified atom stereocenters. The minimum absolute atomic E-state index is 0.275. The first-order valence-electron chi connectivity index (χ1n) is 5.27. The van der Waals surface area contributed by atoms with Gasteiger partial charge in [-0.2, -0.15) is 0 Å². The van der Waals surface area contributed by atoms with E-state index in [1.165, 1.54) is 14.7 Å². The minimum atomic E-state index is -0.594. The van der Waals surface area contributed by atoms with Crippen LogP contribution in [0.5, 0.6) is 0 Å². The van der Waals surface area contributed by atoms with Gasteiger partial charge >= 0.3 is 7.62 Å². The molecule has 1 radical (unpaired) electrons. The van der Waals surface area contributed by atoms with Crippen LogP contribution in [-0.2, 0) is 9.45 Å². The van der Waals surface area contributed by atoms with E-state index in [0.717, 1.165) is 3.57 Å². The van der Waals surface area contributed by atoms with Gasteiger partial charge in [0.15, 0.2) is 0 Å². The average molecular weight is 359 g/mol. The first-order chi connectivity index (χ1) is 8.67. The third-order valence-electron chi connectivity index (χ3n) is 2.13. The molecule has 7 heteroatoms. The quantitative estimate of drug-likeness (QED) is 0.319. The van der Waals surface area contributed by atoms with Crippen LogP contribution in [0.2, 0.25) is 0 Å². The molecule has 0 saturated heterocycles. The summed E-state index contributed by atoms with van der Waals surface area (Å²) < 4.78 is 5.72. The van der Waals surface area contributed by atoms with Gasteiger partial charge in [0.1, 0.15) is 6.29 Å². The third kappa shape index (κ3) is 5.15. The zero-order valence-corrected chi connectivity index (χ0v) is 12.0. The van der Waals surface area contributed by atoms with Crippen molar-refractivity contribution in [3.8, 4) is 0 Å². The zero-order chi connectivity index (χ0) is 13.4. The molecular weight excluding hydrogens is 346 g/mol. The van der Waals surface area contributed by atoms with Gasteiger partial charge < -0.3 is 20.0 Å². The van der Waals surface area contributed by atoms with E-state index in [2.05, 4.69) is 37.8 Å². The molecule has 0 aliphatic carbocycles. The van der Waals surface area contributed by atoms with Crippen LogP contribution in [-0.4, -0.2) is 39.5 Å². The molecule has 95 valence electrons. The van der Waals surface area contributed by atoms with Gasteiger partial charge in [-0.25, -0.2) is 0 Å². The van der Waals surface area contributed by atoms with Crippen molar-refractivity contribution in [2.24, 2.45) is 0 Å². The van der Waals surface area contributed by atoms with Gasteiger partial charge in [0.25, 0.3) is 5.91 Å². The lowest BCUT2D eigenvalue weighted by molar-refractivity contribution is -0.109. The SMILES string of the molecule is CO[B]NC[C@@H](C=O)NC(=O)c1ccc(I)cc1. The van der Waals surface area contributed by atoms with E-state index in [1.807, 2.05) is 12.1 Å². The predicted octanol–water partition coefficient (Wildman–Crippen LogP) is 0.359. The van der Waals surface area contributed by atoms with Crippen molar-refractivity contribution in [2.45, 2.75) is 6.04 Å². The van der Waals surface area contributed by atoms with Crippen molar-refractivity contribution in [2.75, 3.05) is 13.7 Å². The lowest BCUT2D eigenvalue weighted by Crippen LogP contribution is -2.44. The third-order valence-corrected chi connectivity index (χ3v) is 2.85. The monoisotopic (exact) mass is 359 g/mol. The Morgan fingerprint density at radius 3 is 2.72 bits per heavy atom. The highest BCUT2D eigenvalue weighted by atomic mass is 127. The van der Waals surface area contributed by atoms with Crippen LogP contribution >= 0.6 is 22.6 Å². The molecule has 0 bridgehead atoms. The summed E-state index contributed by atoms with van der Waals surface area (Å²) in [5, 5.41) is 5.37. The number of halogens is 1. The molecule has 5 nitrogen and oxygen atoms in total. The van der Waals surface area contributed by atoms with Crippen LogP contribution in [0.3, 0.4) is 0 Å². The van der Waals surface area contributed by atoms with Crippen molar-refractivity contribution in [1.82, 2.24) is 10.5 Å². The molecule has 0 aliphatic heterocycles. The zero-order valence-electron chi connectivity index (χ0n) is 9.85. The molecule has 1 amide bonds. The van der Waals surface area contributed by atoms with Crippen LogP contribution in [0, 0.1) is 3.57 Å². The van der Waals surface area contributed by atoms with Crippen LogP contribution in [0.4, 0.5) is 0 Å². The Balaban J connectivity index is 2.51. The second-order valence-corrected chi connectivity index (χ2v) is 4.73. The molecule has 2 N–H and O–H groups in total. The summed E-state index contributed by atoms with van der Waals surface area (Å²) in [6.07, 6.45) is 0.682. The first-order valence-corrected chi connectivity index (χ1v) is 6.35. The molecule has 0 saturated carbocycles. The van der Waals surface area contributed by atoms with Gasteiger partial charge in [-0.15, -0.1) is 0 Å². The van der Waals surface area contributed by atoms with E-state index < -0.39 is 6.04 Å². The highest BCUT2D eigenvalue weighted by molar-refractivity contribution is 14.1. The number of aldehydes is 1. The fourth-order valence-corrected chi connectivity index (χ4v) is 1.60. The molecule has 1 atom stereocenters. The Labute approximate surface area is 120 Å². The highest BCUT2D eigenvalue weighted by Gasteiger charge is 2.12. The number of carbonyl (C=O) groups is 2. The molecule has 1 aromatic rings. The van der Waals surface area contributed by atoms with Crippen LogP contribution in [0.15, 0.2) is 24.3 Å². The molecule has 18 heavy (non-hydrogen) atoms. The highest BCUT2D eigenvalue weighted by Crippen LogP contribution is 2.06. The molecule has 1 aromatic carbocycles. The lowest BCUT2D eigenvalue weighted by Gasteiger charge is -2.13. The second kappa shape index (κ2) is 8.22. The van der Waals surface area contributed by atoms with Gasteiger partial charge in [-0.05, 0) is 46.9 Å². The van der Waals surface area contributed by atoms with Crippen molar-refractivity contribution in [3.05, 3.63) is 33.4 Å². The number of rotatable bonds is 7. The fraction of sp³-hybridized carbons (Fsp3) is 0.273. The Morgan fingerprint density at radius 1 is 1.50 bits per heavy atom. The molecule has 0 aliphatic rings. The van der Waals surface area contributed by atoms with Crippen LogP contribution < -0.4 is 10.5 Å². The van der Waals surface area contributed by atoms with Crippen molar-refractivity contribution in [3.63, 3.8) is 0 Å². The van der Waals surface area contributed by atoms with Crippen molar-refractivity contribution in [1.29, 1.82) is 0 Å². The van der Waals surface area contributed by atoms with E-state index in [0.29, 0.717) is 11.8 Å². The largest absolute Gasteiger partial charge is 0.427 e. The number of benzene rings is 1. The van der Waals surface area contributed by atoms with E-state index in [4.69, 9.17) is 0 Å². The summed E-state index contributed by atoms with van der Waals surface area (Å²) in [7, 11) is 2.85. The fourth-order valence-electron chi connectivity index (χ4n) is 1.24. The Kier molecular flexibility index (Phi) is 6.92. The number of nitrogens with one attached hydrogen (secondary N) is 2. The van der Waals surface area contributed by atoms with Gasteiger partial charge in [-0.3, -0.25) is 4.79 Å². The number of carbonyl (C=O) groups excluding carboxylic acids is 2. The van der Waals surface area contributed by atoms with Gasteiger partial charge in [0.05, 0.1) is 6.04 Å². The number of hydrogen-bond acceptors (Lipinski definition) is 4. The van der Waals surface area contributed by atoms with Crippen LogP contribution in [0.1, 0.15) is 10.4 Å². The summed E-state index contributed by atoms with van der Waals surface area (Å²) in [6.45, 7) is 0.285. The molecule has 0 heterocycles. The van der Waals surface area contributed by atoms with E-state index >= 15 is 0 Å². The Hall–Kier alpha value is -0.925. The maximum Gasteiger partial charge on any atom is 0.395 e. The Morgan fingerprint density at radius 2 is 2.17 bits per heavy atom. The standard InChI is InChI=1S/C11H13BIN2O3/c1-18-12-14-6-10(7-16)15-11(17)8-2-4-9(13)5-3-8/h2-5,7,10,14H,6H2,1H3,(H,15,17)/t10-/m0/s1. The number of hydrogen-bond donors (Lipinski definition) is 2. The second-order valence-electron chi connectivity index (χ2n) is 3.48. The van der Waals surface area contributed by atoms with Gasteiger partial charge in [0, 0.05) is 22.8 Å². The maximum absolute atomic E-state index is 11.8. The topological polar surface area (TPSA) is 67.4 Å². The van der Waals surface area contributed by atoms with Crippen molar-refractivity contribution < 1.29 is 14.2 Å². The smallest absolute Gasteiger partial charge is 0.395 e. The van der Waals surface area contributed by atoms with E-state index in [1.54, 1.807) is 12.1 Å². The minimum Gasteiger partial charge on any atom is -0.427 e. The van der Waals surface area contributed by atoms with Gasteiger partial charge in [-0.1, -0.05) is 0 Å². The maximum atomic E-state index is 11.8. The van der Waals surface area contributed by atoms with E-state index in [9.17, 15) is 9.59 Å². The summed E-state index contributed by atoms with van der Waals surface area (Å²) in [5.74, 6) is -0.275. The summed E-state index contributed by atoms with van der Waals surface area (Å²) in [6, 6.07) is 6.51. The normalized spacial score (nSPS) is 11.7. The lowest BCUT2D eigenvalue weighted by atomic mass is 10.2. The number of amides is 1. The molecule has 0 aromatic heterocycles. The summed E-state index contributed by atoms with van der Waals surface area (Å²) in [5.41, 5.74) is 0.526.